The van der Waals surface area contributed by atoms with E-state index in [1.807, 2.05) is 4.90 Å². The van der Waals surface area contributed by atoms with Crippen LogP contribution in [0.3, 0.4) is 0 Å². The van der Waals surface area contributed by atoms with Crippen molar-refractivity contribution in [3.8, 4) is 0 Å². The third-order valence-electron chi connectivity index (χ3n) is 3.24. The van der Waals surface area contributed by atoms with Crippen molar-refractivity contribution < 1.29 is 9.53 Å². The van der Waals surface area contributed by atoms with Crippen molar-refractivity contribution in [3.63, 3.8) is 0 Å². The molecule has 4 heteroatoms. The fourth-order valence-corrected chi connectivity index (χ4v) is 2.40. The van der Waals surface area contributed by atoms with Crippen LogP contribution in [0.25, 0.3) is 0 Å². The lowest BCUT2D eigenvalue weighted by Crippen LogP contribution is -2.38. The van der Waals surface area contributed by atoms with Crippen molar-refractivity contribution in [2.75, 3.05) is 20.3 Å². The fraction of sp³-hybridized carbons (Fsp3) is 0.923. The lowest BCUT2D eigenvalue weighted by Gasteiger charge is -2.23. The Morgan fingerprint density at radius 2 is 2.00 bits per heavy atom. The van der Waals surface area contributed by atoms with Gasteiger partial charge in [0.05, 0.1) is 12.2 Å². The van der Waals surface area contributed by atoms with E-state index in [0.717, 1.165) is 45.3 Å². The van der Waals surface area contributed by atoms with Gasteiger partial charge in [-0.3, -0.25) is 10.1 Å². The molecule has 1 saturated heterocycles. The van der Waals surface area contributed by atoms with Crippen LogP contribution in [0.5, 0.6) is 0 Å². The number of hydrogen-bond donors (Lipinski definition) is 1. The summed E-state index contributed by atoms with van der Waals surface area (Å²) in [7, 11) is 1.70. The molecule has 1 heterocycles. The molecule has 1 N–H and O–H groups in total. The van der Waals surface area contributed by atoms with Crippen LogP contribution in [0.15, 0.2) is 0 Å². The van der Waals surface area contributed by atoms with E-state index < -0.39 is 0 Å². The Morgan fingerprint density at radius 3 is 2.59 bits per heavy atom. The minimum absolute atomic E-state index is 0.0408. The first-order chi connectivity index (χ1) is 8.24. The summed E-state index contributed by atoms with van der Waals surface area (Å²) in [6.07, 6.45) is 5.29. The Hall–Kier alpha value is -0.610. The van der Waals surface area contributed by atoms with Crippen LogP contribution in [0.2, 0.25) is 0 Å². The Kier molecular flexibility index (Phi) is 6.52. The Bertz CT molecular complexity index is 233. The highest BCUT2D eigenvalue weighted by molar-refractivity contribution is 5.84. The molecule has 0 aliphatic carbocycles. The molecule has 100 valence electrons. The van der Waals surface area contributed by atoms with Crippen LogP contribution >= 0.6 is 0 Å². The maximum absolute atomic E-state index is 12.2. The average molecular weight is 242 g/mol. The highest BCUT2D eigenvalue weighted by Gasteiger charge is 2.36. The van der Waals surface area contributed by atoms with Crippen molar-refractivity contribution in [2.45, 2.75) is 58.2 Å². The molecule has 0 aromatic heterocycles. The molecule has 2 atom stereocenters. The second kappa shape index (κ2) is 7.67. The predicted octanol–water partition coefficient (Wildman–Crippen LogP) is 1.75. The molecule has 0 bridgehead atoms. The number of nitrogens with one attached hydrogen (secondary N) is 1. The van der Waals surface area contributed by atoms with Gasteiger partial charge >= 0.3 is 0 Å². The number of rotatable bonds is 8. The summed E-state index contributed by atoms with van der Waals surface area (Å²) in [6, 6.07) is 0.0408. The third kappa shape index (κ3) is 3.96. The summed E-state index contributed by atoms with van der Waals surface area (Å²) < 4.78 is 5.05. The van der Waals surface area contributed by atoms with E-state index in [1.165, 1.54) is 0 Å². The van der Waals surface area contributed by atoms with E-state index in [4.69, 9.17) is 4.74 Å². The Balaban J connectivity index is 2.52. The van der Waals surface area contributed by atoms with Gasteiger partial charge in [-0.25, -0.2) is 0 Å². The van der Waals surface area contributed by atoms with E-state index >= 15 is 0 Å². The Labute approximate surface area is 105 Å². The van der Waals surface area contributed by atoms with Gasteiger partial charge in [-0.1, -0.05) is 26.7 Å². The van der Waals surface area contributed by atoms with Crippen LogP contribution < -0.4 is 5.32 Å². The molecule has 0 aromatic rings. The monoisotopic (exact) mass is 242 g/mol. The second-order valence-electron chi connectivity index (χ2n) is 4.69. The molecule has 4 nitrogen and oxygen atoms in total. The lowest BCUT2D eigenvalue weighted by atomic mass is 10.2. The van der Waals surface area contributed by atoms with Gasteiger partial charge in [-0.15, -0.1) is 0 Å². The lowest BCUT2D eigenvalue weighted by molar-refractivity contribution is -0.130. The topological polar surface area (TPSA) is 41.6 Å². The van der Waals surface area contributed by atoms with Crippen molar-refractivity contribution >= 4 is 5.91 Å². The highest BCUT2D eigenvalue weighted by Crippen LogP contribution is 2.18. The van der Waals surface area contributed by atoms with Crippen molar-refractivity contribution in [1.29, 1.82) is 0 Å². The molecule has 2 unspecified atom stereocenters. The van der Waals surface area contributed by atoms with Crippen LogP contribution in [0, 0.1) is 0 Å². The maximum Gasteiger partial charge on any atom is 0.241 e. The van der Waals surface area contributed by atoms with E-state index in [2.05, 4.69) is 19.2 Å². The molecular weight excluding hydrogens is 216 g/mol. The van der Waals surface area contributed by atoms with Crippen molar-refractivity contribution in [2.24, 2.45) is 0 Å². The molecule has 0 saturated carbocycles. The molecule has 0 aromatic carbocycles. The molecule has 1 rings (SSSR count). The van der Waals surface area contributed by atoms with E-state index in [-0.39, 0.29) is 18.1 Å². The van der Waals surface area contributed by atoms with Gasteiger partial charge in [0.25, 0.3) is 0 Å². The SMILES string of the molecule is CCCC1NC(CCC)N(CCCOC)C1=O. The minimum atomic E-state index is 0.0408. The normalized spacial score (nSPS) is 24.6. The zero-order valence-electron chi connectivity index (χ0n) is 11.4. The molecule has 1 aliphatic rings. The second-order valence-corrected chi connectivity index (χ2v) is 4.69. The number of ether oxygens (including phenoxy) is 1. The molecular formula is C13H26N2O2. The van der Waals surface area contributed by atoms with Gasteiger partial charge in [-0.2, -0.15) is 0 Å². The standard InChI is InChI=1S/C13H26N2O2/c1-4-7-11-13(16)15(9-6-10-17-3)12(14-11)8-5-2/h11-12,14H,4-10H2,1-3H3. The first-order valence-electron chi connectivity index (χ1n) is 6.80. The van der Waals surface area contributed by atoms with Crippen LogP contribution in [0.1, 0.15) is 46.0 Å². The van der Waals surface area contributed by atoms with Gasteiger partial charge in [0.1, 0.15) is 0 Å². The summed E-state index contributed by atoms with van der Waals surface area (Å²) >= 11 is 0. The Morgan fingerprint density at radius 1 is 1.29 bits per heavy atom. The molecule has 1 aliphatic heterocycles. The average Bonchev–Trinajstić information content (AvgIpc) is 2.59. The molecule has 1 fully saturated rings. The number of amides is 1. The maximum atomic E-state index is 12.2. The van der Waals surface area contributed by atoms with Crippen LogP contribution in [0.4, 0.5) is 0 Å². The van der Waals surface area contributed by atoms with E-state index in [9.17, 15) is 4.79 Å². The number of hydrogen-bond acceptors (Lipinski definition) is 3. The van der Waals surface area contributed by atoms with Gasteiger partial charge in [0.2, 0.25) is 5.91 Å². The van der Waals surface area contributed by atoms with Gasteiger partial charge in [0, 0.05) is 20.3 Å². The predicted molar refractivity (Wildman–Crippen MR) is 68.7 cm³/mol. The van der Waals surface area contributed by atoms with Gasteiger partial charge < -0.3 is 9.64 Å². The summed E-state index contributed by atoms with van der Waals surface area (Å²) in [4.78, 5) is 14.2. The first-order valence-corrected chi connectivity index (χ1v) is 6.80. The molecule has 0 radical (unpaired) electrons. The number of carbonyl (C=O) groups is 1. The summed E-state index contributed by atoms with van der Waals surface area (Å²) in [5, 5.41) is 3.46. The number of carbonyl (C=O) groups excluding carboxylic acids is 1. The number of methoxy groups -OCH3 is 1. The number of nitrogens with zero attached hydrogens (tertiary/aromatic N) is 1. The molecule has 1 amide bonds. The quantitative estimate of drug-likeness (QED) is 0.659. The van der Waals surface area contributed by atoms with Crippen molar-refractivity contribution in [3.05, 3.63) is 0 Å². The van der Waals surface area contributed by atoms with Gasteiger partial charge in [-0.05, 0) is 19.3 Å². The van der Waals surface area contributed by atoms with Gasteiger partial charge in [0.15, 0.2) is 0 Å². The summed E-state index contributed by atoms with van der Waals surface area (Å²) in [5.74, 6) is 0.279. The molecule has 0 spiro atoms. The smallest absolute Gasteiger partial charge is 0.241 e. The third-order valence-corrected chi connectivity index (χ3v) is 3.24. The van der Waals surface area contributed by atoms with Crippen molar-refractivity contribution in [1.82, 2.24) is 10.2 Å². The zero-order chi connectivity index (χ0) is 12.7. The summed E-state index contributed by atoms with van der Waals surface area (Å²) in [5.41, 5.74) is 0. The van der Waals surface area contributed by atoms with Crippen LogP contribution in [-0.2, 0) is 9.53 Å². The molecule has 17 heavy (non-hydrogen) atoms. The highest BCUT2D eigenvalue weighted by atomic mass is 16.5. The van der Waals surface area contributed by atoms with Crippen LogP contribution in [-0.4, -0.2) is 43.3 Å². The van der Waals surface area contributed by atoms with E-state index in [1.54, 1.807) is 7.11 Å². The largest absolute Gasteiger partial charge is 0.385 e. The summed E-state index contributed by atoms with van der Waals surface area (Å²) in [6.45, 7) is 5.82. The zero-order valence-corrected chi connectivity index (χ0v) is 11.4. The minimum Gasteiger partial charge on any atom is -0.385 e. The van der Waals surface area contributed by atoms with E-state index in [0.29, 0.717) is 0 Å². The first kappa shape index (κ1) is 14.5. The fourth-order valence-electron chi connectivity index (χ4n) is 2.40.